The smallest absolute Gasteiger partial charge is 0.242 e. The highest BCUT2D eigenvalue weighted by Gasteiger charge is 2.26. The summed E-state index contributed by atoms with van der Waals surface area (Å²) in [5.74, 6) is -0.636. The van der Waals surface area contributed by atoms with Crippen LogP contribution in [0, 0.1) is 5.82 Å². The summed E-state index contributed by atoms with van der Waals surface area (Å²) in [4.78, 5) is 27.2. The van der Waals surface area contributed by atoms with E-state index in [1.165, 1.54) is 12.1 Å². The van der Waals surface area contributed by atoms with Crippen LogP contribution in [0.2, 0.25) is 0 Å². The highest BCUT2D eigenvalue weighted by atomic mass is 19.1. The molecule has 0 unspecified atom stereocenters. The second kappa shape index (κ2) is 10.6. The Bertz CT molecular complexity index is 762. The molecule has 2 aromatic carbocycles. The van der Waals surface area contributed by atoms with Crippen LogP contribution in [0.1, 0.15) is 38.3 Å². The standard InChI is InChI=1S/C23H29FN2O2/c1-4-17(2)25-23(28)18(3)26(15-14-19-8-6-5-7-9-19)22(27)16-20-10-12-21(24)13-11-20/h5-13,17-18H,4,14-16H2,1-3H3,(H,25,28)/t17-,18-/m0/s1. The third-order valence-electron chi connectivity index (χ3n) is 4.92. The molecule has 28 heavy (non-hydrogen) atoms. The molecule has 0 saturated carbocycles. The third-order valence-corrected chi connectivity index (χ3v) is 4.92. The minimum Gasteiger partial charge on any atom is -0.352 e. The van der Waals surface area contributed by atoms with Gasteiger partial charge in [0.15, 0.2) is 0 Å². The van der Waals surface area contributed by atoms with Gasteiger partial charge in [0, 0.05) is 12.6 Å². The van der Waals surface area contributed by atoms with Crippen LogP contribution in [0.5, 0.6) is 0 Å². The monoisotopic (exact) mass is 384 g/mol. The van der Waals surface area contributed by atoms with E-state index < -0.39 is 6.04 Å². The van der Waals surface area contributed by atoms with Gasteiger partial charge in [0.2, 0.25) is 11.8 Å². The number of nitrogens with one attached hydrogen (secondary N) is 1. The molecule has 2 amide bonds. The molecule has 0 aliphatic heterocycles. The van der Waals surface area contributed by atoms with Crippen molar-refractivity contribution in [2.75, 3.05) is 6.54 Å². The van der Waals surface area contributed by atoms with Crippen molar-refractivity contribution in [1.29, 1.82) is 0 Å². The van der Waals surface area contributed by atoms with E-state index in [1.54, 1.807) is 24.0 Å². The molecular formula is C23H29FN2O2. The van der Waals surface area contributed by atoms with Crippen molar-refractivity contribution >= 4 is 11.8 Å². The van der Waals surface area contributed by atoms with Gasteiger partial charge in [-0.3, -0.25) is 9.59 Å². The Balaban J connectivity index is 2.12. The van der Waals surface area contributed by atoms with Crippen molar-refractivity contribution in [1.82, 2.24) is 10.2 Å². The maximum Gasteiger partial charge on any atom is 0.242 e. The molecule has 2 rings (SSSR count). The Kier molecular flexibility index (Phi) is 8.18. The van der Waals surface area contributed by atoms with Gasteiger partial charge in [-0.05, 0) is 49.9 Å². The van der Waals surface area contributed by atoms with Crippen LogP contribution < -0.4 is 5.32 Å². The van der Waals surface area contributed by atoms with E-state index in [4.69, 9.17) is 0 Å². The van der Waals surface area contributed by atoms with E-state index in [-0.39, 0.29) is 30.1 Å². The van der Waals surface area contributed by atoms with Crippen molar-refractivity contribution in [2.24, 2.45) is 0 Å². The second-order valence-corrected chi connectivity index (χ2v) is 7.12. The summed E-state index contributed by atoms with van der Waals surface area (Å²) in [7, 11) is 0. The fraction of sp³-hybridized carbons (Fsp3) is 0.391. The van der Waals surface area contributed by atoms with Crippen LogP contribution in [-0.2, 0) is 22.4 Å². The first-order valence-electron chi connectivity index (χ1n) is 9.79. The molecule has 0 saturated heterocycles. The van der Waals surface area contributed by atoms with Crippen molar-refractivity contribution in [3.8, 4) is 0 Å². The Labute approximate surface area is 166 Å². The molecule has 0 aliphatic carbocycles. The van der Waals surface area contributed by atoms with Crippen molar-refractivity contribution in [2.45, 2.75) is 52.1 Å². The molecule has 0 radical (unpaired) electrons. The van der Waals surface area contributed by atoms with Gasteiger partial charge in [0.05, 0.1) is 6.42 Å². The maximum atomic E-state index is 13.1. The molecular weight excluding hydrogens is 355 g/mol. The number of amides is 2. The van der Waals surface area contributed by atoms with E-state index in [1.807, 2.05) is 44.2 Å². The first-order valence-corrected chi connectivity index (χ1v) is 9.79. The molecule has 4 nitrogen and oxygen atoms in total. The van der Waals surface area contributed by atoms with Crippen LogP contribution in [0.3, 0.4) is 0 Å². The average Bonchev–Trinajstić information content (AvgIpc) is 2.70. The lowest BCUT2D eigenvalue weighted by molar-refractivity contribution is -0.139. The molecule has 2 atom stereocenters. The minimum atomic E-state index is -0.578. The largest absolute Gasteiger partial charge is 0.352 e. The summed E-state index contributed by atoms with van der Waals surface area (Å²) >= 11 is 0. The predicted octanol–water partition coefficient (Wildman–Crippen LogP) is 3.74. The van der Waals surface area contributed by atoms with Crippen LogP contribution >= 0.6 is 0 Å². The third kappa shape index (κ3) is 6.48. The number of rotatable bonds is 9. The Morgan fingerprint density at radius 1 is 1.00 bits per heavy atom. The van der Waals surface area contributed by atoms with E-state index in [2.05, 4.69) is 5.32 Å². The van der Waals surface area contributed by atoms with Gasteiger partial charge in [-0.2, -0.15) is 0 Å². The quantitative estimate of drug-likeness (QED) is 0.716. The highest BCUT2D eigenvalue weighted by Crippen LogP contribution is 2.11. The molecule has 5 heteroatoms. The van der Waals surface area contributed by atoms with Crippen molar-refractivity contribution < 1.29 is 14.0 Å². The first-order chi connectivity index (χ1) is 13.4. The normalized spacial score (nSPS) is 12.9. The topological polar surface area (TPSA) is 49.4 Å². The lowest BCUT2D eigenvalue weighted by Crippen LogP contribution is -2.50. The second-order valence-electron chi connectivity index (χ2n) is 7.12. The van der Waals surface area contributed by atoms with Crippen LogP contribution in [0.25, 0.3) is 0 Å². The minimum absolute atomic E-state index is 0.0538. The van der Waals surface area contributed by atoms with Crippen LogP contribution in [0.15, 0.2) is 54.6 Å². The lowest BCUT2D eigenvalue weighted by atomic mass is 10.1. The molecule has 2 aromatic rings. The molecule has 0 heterocycles. The van der Waals surface area contributed by atoms with Gasteiger partial charge in [-0.15, -0.1) is 0 Å². The zero-order valence-electron chi connectivity index (χ0n) is 16.8. The van der Waals surface area contributed by atoms with Gasteiger partial charge in [-0.25, -0.2) is 4.39 Å². The van der Waals surface area contributed by atoms with E-state index in [0.717, 1.165) is 17.5 Å². The van der Waals surface area contributed by atoms with Crippen molar-refractivity contribution in [3.63, 3.8) is 0 Å². The molecule has 0 aliphatic rings. The van der Waals surface area contributed by atoms with E-state index >= 15 is 0 Å². The van der Waals surface area contributed by atoms with Gasteiger partial charge < -0.3 is 10.2 Å². The Morgan fingerprint density at radius 3 is 2.25 bits per heavy atom. The zero-order chi connectivity index (χ0) is 20.5. The van der Waals surface area contributed by atoms with Gasteiger partial charge >= 0.3 is 0 Å². The molecule has 0 fully saturated rings. The summed E-state index contributed by atoms with van der Waals surface area (Å²) < 4.78 is 13.1. The van der Waals surface area contributed by atoms with Crippen LogP contribution in [0.4, 0.5) is 4.39 Å². The Hall–Kier alpha value is -2.69. The van der Waals surface area contributed by atoms with Gasteiger partial charge in [0.1, 0.15) is 11.9 Å². The number of carbonyl (C=O) groups excluding carboxylic acids is 2. The molecule has 150 valence electrons. The highest BCUT2D eigenvalue weighted by molar-refractivity contribution is 5.88. The van der Waals surface area contributed by atoms with E-state index in [0.29, 0.717) is 13.0 Å². The number of carbonyl (C=O) groups is 2. The summed E-state index contributed by atoms with van der Waals surface area (Å²) in [6, 6.07) is 15.2. The van der Waals surface area contributed by atoms with Crippen molar-refractivity contribution in [3.05, 3.63) is 71.5 Å². The molecule has 0 bridgehead atoms. The SMILES string of the molecule is CC[C@H](C)NC(=O)[C@H](C)N(CCc1ccccc1)C(=O)Cc1ccc(F)cc1. The Morgan fingerprint density at radius 2 is 1.64 bits per heavy atom. The summed E-state index contributed by atoms with van der Waals surface area (Å²) in [5, 5.41) is 2.95. The van der Waals surface area contributed by atoms with Gasteiger partial charge in [0.25, 0.3) is 0 Å². The first kappa shape index (κ1) is 21.6. The van der Waals surface area contributed by atoms with Gasteiger partial charge in [-0.1, -0.05) is 49.4 Å². The number of hydrogen-bond acceptors (Lipinski definition) is 2. The summed E-state index contributed by atoms with van der Waals surface area (Å²) in [5.41, 5.74) is 1.84. The number of nitrogens with zero attached hydrogens (tertiary/aromatic N) is 1. The fourth-order valence-electron chi connectivity index (χ4n) is 2.91. The fourth-order valence-corrected chi connectivity index (χ4v) is 2.91. The number of hydrogen-bond donors (Lipinski definition) is 1. The summed E-state index contributed by atoms with van der Waals surface area (Å²) in [6.07, 6.45) is 1.62. The number of halogens is 1. The zero-order valence-corrected chi connectivity index (χ0v) is 16.8. The molecule has 0 spiro atoms. The predicted molar refractivity (Wildman–Crippen MR) is 109 cm³/mol. The lowest BCUT2D eigenvalue weighted by Gasteiger charge is -2.29. The summed E-state index contributed by atoms with van der Waals surface area (Å²) in [6.45, 7) is 6.14. The number of benzene rings is 2. The molecule has 0 aromatic heterocycles. The van der Waals surface area contributed by atoms with Crippen LogP contribution in [-0.4, -0.2) is 35.3 Å². The average molecular weight is 384 g/mol. The van der Waals surface area contributed by atoms with E-state index in [9.17, 15) is 14.0 Å². The maximum absolute atomic E-state index is 13.1. The molecule has 1 N–H and O–H groups in total.